The van der Waals surface area contributed by atoms with Crippen LogP contribution in [0.5, 0.6) is 5.75 Å². The van der Waals surface area contributed by atoms with E-state index in [9.17, 15) is 9.59 Å². The number of esters is 1. The second kappa shape index (κ2) is 8.36. The zero-order valence-electron chi connectivity index (χ0n) is 13.5. The van der Waals surface area contributed by atoms with Gasteiger partial charge in [0, 0.05) is 10.7 Å². The van der Waals surface area contributed by atoms with E-state index < -0.39 is 11.9 Å². The van der Waals surface area contributed by atoms with Gasteiger partial charge in [0.05, 0.1) is 0 Å². The van der Waals surface area contributed by atoms with Crippen LogP contribution in [0.15, 0.2) is 42.5 Å². The second-order valence-corrected chi connectivity index (χ2v) is 5.69. The summed E-state index contributed by atoms with van der Waals surface area (Å²) in [4.78, 5) is 23.4. The first-order valence-corrected chi connectivity index (χ1v) is 7.73. The number of ether oxygens (including phenoxy) is 2. The maximum Gasteiger partial charge on any atom is 0.344 e. The van der Waals surface area contributed by atoms with Crippen LogP contribution in [-0.4, -0.2) is 25.1 Å². The van der Waals surface area contributed by atoms with Crippen LogP contribution in [0, 0.1) is 13.8 Å². The SMILES string of the molecule is Cc1ccc(NC(=O)COC(=O)COc2ccc(Cl)cc2)cc1C. The minimum atomic E-state index is -0.625. The molecule has 5 nitrogen and oxygen atoms in total. The smallest absolute Gasteiger partial charge is 0.344 e. The van der Waals surface area contributed by atoms with Crippen molar-refractivity contribution in [2.45, 2.75) is 13.8 Å². The molecule has 0 saturated heterocycles. The quantitative estimate of drug-likeness (QED) is 0.812. The summed E-state index contributed by atoms with van der Waals surface area (Å²) >= 11 is 5.75. The molecule has 0 aliphatic rings. The van der Waals surface area contributed by atoms with Crippen molar-refractivity contribution in [3.8, 4) is 5.75 Å². The highest BCUT2D eigenvalue weighted by Crippen LogP contribution is 2.15. The third kappa shape index (κ3) is 5.59. The van der Waals surface area contributed by atoms with Gasteiger partial charge in [0.2, 0.25) is 0 Å². The minimum absolute atomic E-state index is 0.279. The van der Waals surface area contributed by atoms with Gasteiger partial charge in [-0.15, -0.1) is 0 Å². The molecule has 0 fully saturated rings. The first-order chi connectivity index (χ1) is 11.4. The Hall–Kier alpha value is -2.53. The fraction of sp³-hybridized carbons (Fsp3) is 0.222. The van der Waals surface area contributed by atoms with Crippen molar-refractivity contribution in [3.63, 3.8) is 0 Å². The molecule has 0 aliphatic carbocycles. The fourth-order valence-electron chi connectivity index (χ4n) is 1.88. The van der Waals surface area contributed by atoms with E-state index in [-0.39, 0.29) is 13.2 Å². The molecule has 2 aromatic rings. The zero-order chi connectivity index (χ0) is 17.5. The lowest BCUT2D eigenvalue weighted by Crippen LogP contribution is -2.23. The third-order valence-corrected chi connectivity index (χ3v) is 3.58. The van der Waals surface area contributed by atoms with Crippen LogP contribution in [0.25, 0.3) is 0 Å². The van der Waals surface area contributed by atoms with Gasteiger partial charge in [0.15, 0.2) is 13.2 Å². The largest absolute Gasteiger partial charge is 0.482 e. The van der Waals surface area contributed by atoms with Crippen molar-refractivity contribution in [2.24, 2.45) is 0 Å². The van der Waals surface area contributed by atoms with Crippen LogP contribution in [0.1, 0.15) is 11.1 Å². The zero-order valence-corrected chi connectivity index (χ0v) is 14.2. The maximum atomic E-state index is 11.8. The number of aryl methyl sites for hydroxylation is 2. The summed E-state index contributed by atoms with van der Waals surface area (Å²) in [5.41, 5.74) is 2.87. The third-order valence-electron chi connectivity index (χ3n) is 3.33. The van der Waals surface area contributed by atoms with Crippen molar-refractivity contribution in [1.82, 2.24) is 0 Å². The van der Waals surface area contributed by atoms with Crippen LogP contribution in [-0.2, 0) is 14.3 Å². The van der Waals surface area contributed by atoms with Crippen molar-refractivity contribution in [2.75, 3.05) is 18.5 Å². The van der Waals surface area contributed by atoms with Crippen LogP contribution in [0.2, 0.25) is 5.02 Å². The maximum absolute atomic E-state index is 11.8. The standard InChI is InChI=1S/C18H18ClNO4/c1-12-3-6-15(9-13(12)2)20-17(21)10-24-18(22)11-23-16-7-4-14(19)5-8-16/h3-9H,10-11H2,1-2H3,(H,20,21). The van der Waals surface area contributed by atoms with Gasteiger partial charge in [0.1, 0.15) is 5.75 Å². The Balaban J connectivity index is 1.73. The Labute approximate surface area is 145 Å². The lowest BCUT2D eigenvalue weighted by atomic mass is 10.1. The molecular weight excluding hydrogens is 330 g/mol. The highest BCUT2D eigenvalue weighted by atomic mass is 35.5. The van der Waals surface area contributed by atoms with Crippen LogP contribution >= 0.6 is 11.6 Å². The number of benzene rings is 2. The van der Waals surface area contributed by atoms with E-state index in [2.05, 4.69) is 5.32 Å². The number of anilines is 1. The normalized spacial score (nSPS) is 10.1. The first-order valence-electron chi connectivity index (χ1n) is 7.35. The number of carbonyl (C=O) groups excluding carboxylic acids is 2. The average molecular weight is 348 g/mol. The molecular formula is C18H18ClNO4. The summed E-state index contributed by atoms with van der Waals surface area (Å²) in [6, 6.07) is 12.2. The molecule has 0 atom stereocenters. The summed E-state index contributed by atoms with van der Waals surface area (Å²) < 4.78 is 10.1. The first kappa shape index (κ1) is 17.8. The van der Waals surface area contributed by atoms with Gasteiger partial charge in [-0.1, -0.05) is 17.7 Å². The van der Waals surface area contributed by atoms with Gasteiger partial charge in [-0.3, -0.25) is 4.79 Å². The Kier molecular flexibility index (Phi) is 6.21. The number of rotatable bonds is 6. The van der Waals surface area contributed by atoms with Gasteiger partial charge >= 0.3 is 5.97 Å². The minimum Gasteiger partial charge on any atom is -0.482 e. The highest BCUT2D eigenvalue weighted by molar-refractivity contribution is 6.30. The van der Waals surface area contributed by atoms with E-state index in [0.29, 0.717) is 16.5 Å². The molecule has 24 heavy (non-hydrogen) atoms. The summed E-state index contributed by atoms with van der Waals surface area (Å²) in [6.45, 7) is 3.30. The molecule has 126 valence electrons. The van der Waals surface area contributed by atoms with Crippen LogP contribution in [0.4, 0.5) is 5.69 Å². The van der Waals surface area contributed by atoms with E-state index in [1.54, 1.807) is 30.3 Å². The second-order valence-electron chi connectivity index (χ2n) is 5.25. The van der Waals surface area contributed by atoms with E-state index >= 15 is 0 Å². The molecule has 0 saturated carbocycles. The monoisotopic (exact) mass is 347 g/mol. The van der Waals surface area contributed by atoms with Crippen LogP contribution < -0.4 is 10.1 Å². The van der Waals surface area contributed by atoms with Crippen molar-refractivity contribution < 1.29 is 19.1 Å². The number of carbonyl (C=O) groups is 2. The lowest BCUT2D eigenvalue weighted by molar-refractivity contribution is -0.149. The number of nitrogens with one attached hydrogen (secondary N) is 1. The number of hydrogen-bond acceptors (Lipinski definition) is 4. The van der Waals surface area contributed by atoms with E-state index in [4.69, 9.17) is 21.1 Å². The number of hydrogen-bond donors (Lipinski definition) is 1. The Bertz CT molecular complexity index is 728. The number of amides is 1. The fourth-order valence-corrected chi connectivity index (χ4v) is 2.00. The molecule has 1 N–H and O–H groups in total. The van der Waals surface area contributed by atoms with E-state index in [1.165, 1.54) is 0 Å². The molecule has 0 unspecified atom stereocenters. The Morgan fingerprint density at radius 1 is 1.00 bits per heavy atom. The average Bonchev–Trinajstić information content (AvgIpc) is 2.56. The predicted molar refractivity (Wildman–Crippen MR) is 92.5 cm³/mol. The van der Waals surface area contributed by atoms with Gasteiger partial charge in [-0.25, -0.2) is 4.79 Å². The van der Waals surface area contributed by atoms with Gasteiger partial charge < -0.3 is 14.8 Å². The molecule has 2 rings (SSSR count). The van der Waals surface area contributed by atoms with Crippen molar-refractivity contribution >= 4 is 29.2 Å². The molecule has 0 aliphatic heterocycles. The molecule has 0 radical (unpaired) electrons. The lowest BCUT2D eigenvalue weighted by Gasteiger charge is -2.09. The van der Waals surface area contributed by atoms with Crippen LogP contribution in [0.3, 0.4) is 0 Å². The van der Waals surface area contributed by atoms with Crippen molar-refractivity contribution in [1.29, 1.82) is 0 Å². The molecule has 0 bridgehead atoms. The van der Waals surface area contributed by atoms with Gasteiger partial charge in [-0.05, 0) is 61.4 Å². The topological polar surface area (TPSA) is 64.6 Å². The molecule has 0 heterocycles. The van der Waals surface area contributed by atoms with E-state index in [0.717, 1.165) is 11.1 Å². The molecule has 2 aromatic carbocycles. The van der Waals surface area contributed by atoms with E-state index in [1.807, 2.05) is 26.0 Å². The van der Waals surface area contributed by atoms with Gasteiger partial charge in [0.25, 0.3) is 5.91 Å². The molecule has 1 amide bonds. The summed E-state index contributed by atoms with van der Waals surface area (Å²) in [5, 5.41) is 3.25. The number of halogens is 1. The Morgan fingerprint density at radius 3 is 2.38 bits per heavy atom. The summed E-state index contributed by atoms with van der Waals surface area (Å²) in [6.07, 6.45) is 0. The highest BCUT2D eigenvalue weighted by Gasteiger charge is 2.09. The van der Waals surface area contributed by atoms with Gasteiger partial charge in [-0.2, -0.15) is 0 Å². The molecule has 6 heteroatoms. The Morgan fingerprint density at radius 2 is 1.71 bits per heavy atom. The summed E-state index contributed by atoms with van der Waals surface area (Å²) in [7, 11) is 0. The summed E-state index contributed by atoms with van der Waals surface area (Å²) in [5.74, 6) is -0.533. The molecule has 0 aromatic heterocycles. The predicted octanol–water partition coefficient (Wildman–Crippen LogP) is 3.52. The van der Waals surface area contributed by atoms with Crippen molar-refractivity contribution in [3.05, 3.63) is 58.6 Å². The molecule has 0 spiro atoms.